The maximum Gasteiger partial charge on any atom is 0.255 e. The summed E-state index contributed by atoms with van der Waals surface area (Å²) >= 11 is 0. The highest BCUT2D eigenvalue weighted by Crippen LogP contribution is 2.13. The third kappa shape index (κ3) is 22.8. The van der Waals surface area contributed by atoms with Crippen molar-refractivity contribution >= 4 is 0 Å². The summed E-state index contributed by atoms with van der Waals surface area (Å²) in [5.74, 6) is 0.256. The fourth-order valence-electron chi connectivity index (χ4n) is 2.91. The normalized spacial score (nSPS) is 10.2. The van der Waals surface area contributed by atoms with Crippen molar-refractivity contribution in [2.24, 2.45) is 10.2 Å². The molecule has 0 atom stereocenters. The second kappa shape index (κ2) is 29.3. The quantitative estimate of drug-likeness (QED) is 0.0483. The molecule has 2 heterocycles. The highest BCUT2D eigenvalue weighted by atomic mass is 19.1. The number of aryl methyl sites for hydroxylation is 1. The van der Waals surface area contributed by atoms with Crippen LogP contribution in [0.25, 0.3) is 20.9 Å². The molecule has 0 aliphatic heterocycles. The predicted molar refractivity (Wildman–Crippen MR) is 157 cm³/mol. The van der Waals surface area contributed by atoms with Crippen LogP contribution < -0.4 is 9.47 Å². The van der Waals surface area contributed by atoms with Gasteiger partial charge in [0.1, 0.15) is 19.0 Å². The highest BCUT2D eigenvalue weighted by Gasteiger charge is 2.02. The van der Waals surface area contributed by atoms with E-state index in [1.165, 1.54) is 12.3 Å². The lowest BCUT2D eigenvalue weighted by molar-refractivity contribution is 0.0103. The van der Waals surface area contributed by atoms with E-state index in [1.54, 1.807) is 12.3 Å². The molecule has 17 heteroatoms. The number of halogens is 1. The Morgan fingerprint density at radius 2 is 0.977 bits per heavy atom. The standard InChI is InChI=1S/C14H22N4O4.C13H19FN4O4/c1-13-14(3-2-4-16-13)22-12-11-21-10-9-20-8-7-19-6-5-17-18-15;14-13-12(2-1-3-16-13)22-11-10-21-9-8-20-7-6-19-5-4-17-18-15/h2-4H,5-12H2,1H3;1-3H,4-11H2. The molecule has 0 fully saturated rings. The summed E-state index contributed by atoms with van der Waals surface area (Å²) in [7, 11) is 0. The van der Waals surface area contributed by atoms with Gasteiger partial charge in [0.2, 0.25) is 0 Å². The molecule has 0 amide bonds. The first-order valence-corrected chi connectivity index (χ1v) is 13.9. The molecule has 2 aromatic rings. The Labute approximate surface area is 255 Å². The van der Waals surface area contributed by atoms with Crippen LogP contribution in [0.2, 0.25) is 0 Å². The van der Waals surface area contributed by atoms with E-state index in [4.69, 9.17) is 49.0 Å². The van der Waals surface area contributed by atoms with Gasteiger partial charge in [0, 0.05) is 35.3 Å². The van der Waals surface area contributed by atoms with Crippen molar-refractivity contribution in [3.05, 3.63) is 69.2 Å². The first-order chi connectivity index (χ1) is 21.7. The van der Waals surface area contributed by atoms with Gasteiger partial charge in [0.25, 0.3) is 5.95 Å². The fraction of sp³-hybridized carbons (Fsp3) is 0.630. The summed E-state index contributed by atoms with van der Waals surface area (Å²) in [6, 6.07) is 6.83. The average molecular weight is 625 g/mol. The maximum absolute atomic E-state index is 13.1. The van der Waals surface area contributed by atoms with Crippen LogP contribution in [0.4, 0.5) is 4.39 Å². The van der Waals surface area contributed by atoms with Crippen molar-refractivity contribution in [3.63, 3.8) is 0 Å². The van der Waals surface area contributed by atoms with Crippen molar-refractivity contribution < 1.29 is 42.3 Å². The molecule has 0 spiro atoms. The lowest BCUT2D eigenvalue weighted by Gasteiger charge is -2.09. The van der Waals surface area contributed by atoms with Crippen LogP contribution in [0, 0.1) is 12.9 Å². The van der Waals surface area contributed by atoms with Crippen LogP contribution in [-0.2, 0) is 28.4 Å². The lowest BCUT2D eigenvalue weighted by Crippen LogP contribution is -2.13. The molecule has 2 aromatic heterocycles. The minimum absolute atomic E-state index is 0.111. The lowest BCUT2D eigenvalue weighted by atomic mass is 10.3. The zero-order valence-corrected chi connectivity index (χ0v) is 25.0. The minimum Gasteiger partial charge on any atom is -0.489 e. The van der Waals surface area contributed by atoms with Gasteiger partial charge in [0.15, 0.2) is 5.75 Å². The van der Waals surface area contributed by atoms with Crippen molar-refractivity contribution in [1.29, 1.82) is 0 Å². The summed E-state index contributed by atoms with van der Waals surface area (Å²) in [6.07, 6.45) is 3.09. The van der Waals surface area contributed by atoms with Crippen molar-refractivity contribution in [3.8, 4) is 11.5 Å². The van der Waals surface area contributed by atoms with Gasteiger partial charge < -0.3 is 37.9 Å². The van der Waals surface area contributed by atoms with E-state index in [9.17, 15) is 4.39 Å². The van der Waals surface area contributed by atoms with Gasteiger partial charge in [-0.25, -0.2) is 4.98 Å². The van der Waals surface area contributed by atoms with E-state index in [0.717, 1.165) is 11.4 Å². The topological polar surface area (TPSA) is 197 Å². The molecule has 0 bridgehead atoms. The number of hydrogen-bond donors (Lipinski definition) is 0. The van der Waals surface area contributed by atoms with E-state index in [1.807, 2.05) is 19.1 Å². The highest BCUT2D eigenvalue weighted by molar-refractivity contribution is 5.25. The van der Waals surface area contributed by atoms with Crippen LogP contribution in [-0.4, -0.2) is 116 Å². The van der Waals surface area contributed by atoms with Crippen molar-refractivity contribution in [2.45, 2.75) is 6.92 Å². The summed E-state index contributed by atoms with van der Waals surface area (Å²) in [5, 5.41) is 6.68. The Morgan fingerprint density at radius 3 is 1.41 bits per heavy atom. The third-order valence-electron chi connectivity index (χ3n) is 4.94. The van der Waals surface area contributed by atoms with Crippen LogP contribution in [0.15, 0.2) is 46.9 Å². The third-order valence-corrected chi connectivity index (χ3v) is 4.94. The van der Waals surface area contributed by atoms with E-state index in [0.29, 0.717) is 99.0 Å². The van der Waals surface area contributed by atoms with Gasteiger partial charge in [-0.05, 0) is 42.3 Å². The average Bonchev–Trinajstić information content (AvgIpc) is 3.03. The Morgan fingerprint density at radius 1 is 0.591 bits per heavy atom. The summed E-state index contributed by atoms with van der Waals surface area (Å²) in [4.78, 5) is 12.8. The Hall–Kier alpha value is -3.79. The number of aromatic nitrogens is 2. The molecule has 0 saturated heterocycles. The van der Waals surface area contributed by atoms with Crippen molar-refractivity contribution in [1.82, 2.24) is 9.97 Å². The summed E-state index contributed by atoms with van der Waals surface area (Å²) in [5.41, 5.74) is 17.0. The number of rotatable bonds is 26. The predicted octanol–water partition coefficient (Wildman–Crippen LogP) is 4.09. The molecule has 0 unspecified atom stereocenters. The maximum atomic E-state index is 13.1. The van der Waals surface area contributed by atoms with Crippen LogP contribution >= 0.6 is 0 Å². The van der Waals surface area contributed by atoms with Crippen LogP contribution in [0.1, 0.15) is 5.69 Å². The summed E-state index contributed by atoms with van der Waals surface area (Å²) in [6.45, 7) is 8.61. The van der Waals surface area contributed by atoms with Gasteiger partial charge in [-0.2, -0.15) is 4.39 Å². The first kappa shape index (κ1) is 38.2. The number of azide groups is 2. The molecular formula is C27H41FN8O8. The van der Waals surface area contributed by atoms with Gasteiger partial charge in [-0.15, -0.1) is 0 Å². The zero-order chi connectivity index (χ0) is 31.8. The second-order valence-electron chi connectivity index (χ2n) is 8.16. The molecular weight excluding hydrogens is 583 g/mol. The molecule has 44 heavy (non-hydrogen) atoms. The summed E-state index contributed by atoms with van der Waals surface area (Å²) < 4.78 is 55.4. The molecule has 0 aromatic carbocycles. The van der Waals surface area contributed by atoms with Gasteiger partial charge in [0.05, 0.1) is 85.0 Å². The molecule has 0 radical (unpaired) electrons. The van der Waals surface area contributed by atoms with Gasteiger partial charge in [-0.1, -0.05) is 10.2 Å². The Bertz CT molecular complexity index is 994. The number of nitrogens with zero attached hydrogens (tertiary/aromatic N) is 8. The minimum atomic E-state index is -0.633. The van der Waals surface area contributed by atoms with E-state index >= 15 is 0 Å². The van der Waals surface area contributed by atoms with E-state index < -0.39 is 5.95 Å². The van der Waals surface area contributed by atoms with Crippen LogP contribution in [0.3, 0.4) is 0 Å². The number of pyridine rings is 2. The smallest absolute Gasteiger partial charge is 0.255 e. The molecule has 0 saturated carbocycles. The Balaban J connectivity index is 0.000000440. The van der Waals surface area contributed by atoms with Crippen molar-refractivity contribution in [2.75, 3.05) is 106 Å². The largest absolute Gasteiger partial charge is 0.489 e. The van der Waals surface area contributed by atoms with E-state index in [-0.39, 0.29) is 12.4 Å². The fourth-order valence-corrected chi connectivity index (χ4v) is 2.91. The monoisotopic (exact) mass is 624 g/mol. The molecule has 0 aliphatic rings. The van der Waals surface area contributed by atoms with Gasteiger partial charge >= 0.3 is 0 Å². The van der Waals surface area contributed by atoms with E-state index in [2.05, 4.69) is 30.0 Å². The Kier molecular flexibility index (Phi) is 25.5. The zero-order valence-electron chi connectivity index (χ0n) is 25.0. The molecule has 0 N–H and O–H groups in total. The van der Waals surface area contributed by atoms with Gasteiger partial charge in [-0.3, -0.25) is 4.98 Å². The second-order valence-corrected chi connectivity index (χ2v) is 8.16. The molecule has 16 nitrogen and oxygen atoms in total. The number of ether oxygens (including phenoxy) is 8. The first-order valence-electron chi connectivity index (χ1n) is 13.9. The SMILES string of the molecule is Cc1ncccc1OCCOCCOCCOCCN=[N+]=[N-].[N-]=[N+]=NCCOCCOCCOCCOc1cccnc1F. The molecule has 0 aliphatic carbocycles. The molecule has 2 rings (SSSR count). The van der Waals surface area contributed by atoms with Crippen LogP contribution in [0.5, 0.6) is 11.5 Å². The molecule has 244 valence electrons. The number of hydrogen-bond acceptors (Lipinski definition) is 12.